The summed E-state index contributed by atoms with van der Waals surface area (Å²) in [5.41, 5.74) is 9.12. The van der Waals surface area contributed by atoms with E-state index < -0.39 is 23.7 Å². The topological polar surface area (TPSA) is 161 Å². The molecule has 5 N–H and O–H groups in total. The zero-order valence-corrected chi connectivity index (χ0v) is 25.3. The van der Waals surface area contributed by atoms with E-state index in [-0.39, 0.29) is 29.7 Å². The highest BCUT2D eigenvalue weighted by atomic mass is 19.4. The number of urea groups is 1. The summed E-state index contributed by atoms with van der Waals surface area (Å²) in [5.74, 6) is -0.586. The number of amides is 3. The second-order valence-electron chi connectivity index (χ2n) is 10.4. The molecule has 0 aliphatic rings. The summed E-state index contributed by atoms with van der Waals surface area (Å²) < 4.78 is 52.6. The number of aryl methyl sites for hydroxylation is 1. The summed E-state index contributed by atoms with van der Waals surface area (Å²) in [6, 6.07) is 16.7. The highest BCUT2D eigenvalue weighted by Gasteiger charge is 2.31. The largest absolute Gasteiger partial charge is 0.467 e. The fraction of sp³-hybridized carbons (Fsp3) is 0.188. The predicted octanol–water partition coefficient (Wildman–Crippen LogP) is 5.09. The lowest BCUT2D eigenvalue weighted by Crippen LogP contribution is -2.35. The molecule has 47 heavy (non-hydrogen) atoms. The Morgan fingerprint density at radius 1 is 0.936 bits per heavy atom. The maximum atomic E-state index is 13.6. The van der Waals surface area contributed by atoms with Crippen LogP contribution in [0.1, 0.15) is 27.9 Å². The number of nitrogens with one attached hydrogen (secondary N) is 3. The Morgan fingerprint density at radius 3 is 2.23 bits per heavy atom. The number of aromatic nitrogens is 4. The summed E-state index contributed by atoms with van der Waals surface area (Å²) in [7, 11) is 1.50. The molecule has 0 aliphatic heterocycles. The number of nitrogens with zero attached hydrogens (tertiary/aromatic N) is 4. The molecule has 3 aromatic carbocycles. The van der Waals surface area contributed by atoms with Gasteiger partial charge < -0.3 is 21.1 Å². The van der Waals surface area contributed by atoms with Gasteiger partial charge in [-0.2, -0.15) is 18.2 Å². The number of benzene rings is 3. The molecular formula is C32H30F3N8O4+. The van der Waals surface area contributed by atoms with Gasteiger partial charge in [0, 0.05) is 35.2 Å². The SMILES string of the molecule is COc1ncc(-c2ccc(C[n+]3cc(NC(=O)Nc4cc(NC(=O)Cc5ccc(CN)cc5)cc(C(F)(F)F)c4)on3)cc2)c(C)n1. The minimum Gasteiger partial charge on any atom is -0.467 e. The molecule has 242 valence electrons. The first-order valence-electron chi connectivity index (χ1n) is 14.2. The molecule has 2 aromatic heterocycles. The van der Waals surface area contributed by atoms with Crippen LogP contribution in [-0.4, -0.2) is 34.3 Å². The maximum absolute atomic E-state index is 13.6. The Kier molecular flexibility index (Phi) is 9.75. The summed E-state index contributed by atoms with van der Waals surface area (Å²) in [6.07, 6.45) is -1.70. The summed E-state index contributed by atoms with van der Waals surface area (Å²) in [5, 5.41) is 11.1. The monoisotopic (exact) mass is 647 g/mol. The zero-order valence-electron chi connectivity index (χ0n) is 25.3. The smallest absolute Gasteiger partial charge is 0.416 e. The summed E-state index contributed by atoms with van der Waals surface area (Å²) in [6.45, 7) is 2.51. The molecule has 0 fully saturated rings. The van der Waals surface area contributed by atoms with Crippen LogP contribution in [0.4, 0.5) is 35.2 Å². The quantitative estimate of drug-likeness (QED) is 0.153. The molecule has 0 spiro atoms. The molecule has 0 atom stereocenters. The summed E-state index contributed by atoms with van der Waals surface area (Å²) in [4.78, 5) is 33.7. The third kappa shape index (κ3) is 8.67. The highest BCUT2D eigenvalue weighted by Crippen LogP contribution is 2.33. The second-order valence-corrected chi connectivity index (χ2v) is 10.4. The molecule has 0 unspecified atom stereocenters. The number of alkyl halides is 3. The first-order valence-corrected chi connectivity index (χ1v) is 14.2. The van der Waals surface area contributed by atoms with Crippen LogP contribution < -0.4 is 31.1 Å². The molecule has 5 rings (SSSR count). The van der Waals surface area contributed by atoms with Crippen molar-refractivity contribution in [2.45, 2.75) is 32.6 Å². The Hall–Kier alpha value is -5.83. The number of anilines is 3. The van der Waals surface area contributed by atoms with Crippen LogP contribution in [0.15, 0.2) is 83.6 Å². The second kappa shape index (κ2) is 14.1. The molecule has 2 heterocycles. The van der Waals surface area contributed by atoms with Crippen LogP contribution in [-0.2, 0) is 30.5 Å². The molecule has 0 saturated carbocycles. The van der Waals surface area contributed by atoms with Gasteiger partial charge >= 0.3 is 24.1 Å². The van der Waals surface area contributed by atoms with E-state index in [4.69, 9.17) is 15.0 Å². The van der Waals surface area contributed by atoms with Gasteiger partial charge in [0.1, 0.15) is 0 Å². The molecule has 0 bridgehead atoms. The summed E-state index contributed by atoms with van der Waals surface area (Å²) >= 11 is 0. The van der Waals surface area contributed by atoms with Crippen molar-refractivity contribution in [1.82, 2.24) is 15.2 Å². The Morgan fingerprint density at radius 2 is 1.60 bits per heavy atom. The fourth-order valence-electron chi connectivity index (χ4n) is 4.61. The van der Waals surface area contributed by atoms with E-state index in [9.17, 15) is 22.8 Å². The van der Waals surface area contributed by atoms with Crippen molar-refractivity contribution < 1.29 is 36.7 Å². The molecule has 12 nitrogen and oxygen atoms in total. The molecule has 0 saturated heterocycles. The van der Waals surface area contributed by atoms with Gasteiger partial charge in [0.2, 0.25) is 17.7 Å². The van der Waals surface area contributed by atoms with Crippen molar-refractivity contribution >= 4 is 29.2 Å². The Balaban J connectivity index is 1.21. The lowest BCUT2D eigenvalue weighted by Gasteiger charge is -2.14. The number of carbonyl (C=O) groups is 2. The Labute approximate surface area is 266 Å². The van der Waals surface area contributed by atoms with Crippen LogP contribution in [0, 0.1) is 6.92 Å². The number of ether oxygens (including phenoxy) is 1. The molecule has 15 heteroatoms. The highest BCUT2D eigenvalue weighted by molar-refractivity contribution is 6.00. The van der Waals surface area contributed by atoms with E-state index in [1.54, 1.807) is 30.5 Å². The number of halogens is 3. The standard InChI is InChI=1S/C32H29F3N8O4/c1-19-27(16-37-31(38-19)46-2)23-9-7-22(8-10-23)17-43-18-29(47-42-43)41-30(45)40-26-13-24(32(33,34)35)12-25(14-26)39-28(44)11-20-3-5-21(15-36)6-4-20/h3-10,12-14,16,18H,11,15,17,36H2,1-2H3,(H2-,39,40,41,42,44,45)/p+1. The van der Waals surface area contributed by atoms with Gasteiger partial charge in [-0.05, 0) is 46.5 Å². The normalized spacial score (nSPS) is 11.2. The number of hydrogen-bond donors (Lipinski definition) is 4. The van der Waals surface area contributed by atoms with Crippen molar-refractivity contribution in [2.75, 3.05) is 23.1 Å². The van der Waals surface area contributed by atoms with E-state index in [0.717, 1.165) is 40.1 Å². The molecule has 3 amide bonds. The first-order chi connectivity index (χ1) is 22.5. The predicted molar refractivity (Wildman–Crippen MR) is 165 cm³/mol. The van der Waals surface area contributed by atoms with Gasteiger partial charge in [0.15, 0.2) is 0 Å². The maximum Gasteiger partial charge on any atom is 0.416 e. The molecular weight excluding hydrogens is 617 g/mol. The van der Waals surface area contributed by atoms with Gasteiger partial charge in [-0.1, -0.05) is 48.5 Å². The van der Waals surface area contributed by atoms with E-state index in [0.29, 0.717) is 18.7 Å². The van der Waals surface area contributed by atoms with Crippen LogP contribution in [0.5, 0.6) is 6.01 Å². The number of methoxy groups -OCH3 is 1. The average Bonchev–Trinajstić information content (AvgIpc) is 3.47. The third-order valence-electron chi connectivity index (χ3n) is 6.92. The molecule has 0 radical (unpaired) electrons. The van der Waals surface area contributed by atoms with Crippen LogP contribution in [0.3, 0.4) is 0 Å². The van der Waals surface area contributed by atoms with E-state index in [1.807, 2.05) is 31.2 Å². The van der Waals surface area contributed by atoms with Crippen LogP contribution in [0.2, 0.25) is 0 Å². The Bertz CT molecular complexity index is 1880. The van der Waals surface area contributed by atoms with Gasteiger partial charge in [-0.25, -0.2) is 9.78 Å². The first kappa shape index (κ1) is 32.6. The van der Waals surface area contributed by atoms with E-state index in [2.05, 4.69) is 31.2 Å². The number of hydrogen-bond acceptors (Lipinski definition) is 8. The molecule has 0 aliphatic carbocycles. The lowest BCUT2D eigenvalue weighted by atomic mass is 10.0. The van der Waals surface area contributed by atoms with Crippen molar-refractivity contribution in [2.24, 2.45) is 5.73 Å². The number of carbonyl (C=O) groups excluding carboxylic acids is 2. The molecule has 5 aromatic rings. The van der Waals surface area contributed by atoms with Crippen molar-refractivity contribution in [1.29, 1.82) is 0 Å². The lowest BCUT2D eigenvalue weighted by molar-refractivity contribution is -0.754. The van der Waals surface area contributed by atoms with Gasteiger partial charge in [0.25, 0.3) is 6.20 Å². The zero-order chi connectivity index (χ0) is 33.6. The average molecular weight is 648 g/mol. The van der Waals surface area contributed by atoms with Crippen LogP contribution >= 0.6 is 0 Å². The van der Waals surface area contributed by atoms with Crippen molar-refractivity contribution in [3.05, 3.63) is 107 Å². The van der Waals surface area contributed by atoms with Gasteiger partial charge in [-0.15, -0.1) is 0 Å². The van der Waals surface area contributed by atoms with Gasteiger partial charge in [-0.3, -0.25) is 14.6 Å². The van der Waals surface area contributed by atoms with E-state index >= 15 is 0 Å². The van der Waals surface area contributed by atoms with Gasteiger partial charge in [0.05, 0.1) is 24.8 Å². The third-order valence-corrected chi connectivity index (χ3v) is 6.92. The minimum absolute atomic E-state index is 0.0497. The minimum atomic E-state index is -4.73. The number of rotatable bonds is 10. The number of nitrogens with two attached hydrogens (primary N) is 1. The fourth-order valence-corrected chi connectivity index (χ4v) is 4.61. The van der Waals surface area contributed by atoms with Crippen molar-refractivity contribution in [3.8, 4) is 17.1 Å². The van der Waals surface area contributed by atoms with Crippen molar-refractivity contribution in [3.63, 3.8) is 0 Å². The van der Waals surface area contributed by atoms with E-state index in [1.165, 1.54) is 24.1 Å². The van der Waals surface area contributed by atoms with Crippen LogP contribution in [0.25, 0.3) is 11.1 Å².